The fourth-order valence-electron chi connectivity index (χ4n) is 3.48. The molecule has 0 saturated carbocycles. The number of aromatic amines is 1. The second-order valence-corrected chi connectivity index (χ2v) is 7.92. The van der Waals surface area contributed by atoms with E-state index in [1.54, 1.807) is 6.20 Å². The lowest BCUT2D eigenvalue weighted by Crippen LogP contribution is -2.04. The van der Waals surface area contributed by atoms with Gasteiger partial charge in [0.25, 0.3) is 0 Å². The molecular formula is C23H13BrClN3O. The first-order valence-electron chi connectivity index (χ1n) is 8.94. The molecule has 3 aromatic heterocycles. The maximum Gasteiger partial charge on any atom is 0.192 e. The molecule has 0 aliphatic carbocycles. The minimum atomic E-state index is -0.104. The van der Waals surface area contributed by atoms with Crippen molar-refractivity contribution in [1.82, 2.24) is 15.0 Å². The molecule has 5 aromatic rings. The van der Waals surface area contributed by atoms with Crippen molar-refractivity contribution in [3.63, 3.8) is 0 Å². The van der Waals surface area contributed by atoms with Crippen LogP contribution in [0.4, 0.5) is 0 Å². The van der Waals surface area contributed by atoms with Crippen LogP contribution in [0.1, 0.15) is 0 Å². The van der Waals surface area contributed by atoms with Crippen molar-refractivity contribution in [2.24, 2.45) is 0 Å². The summed E-state index contributed by atoms with van der Waals surface area (Å²) >= 11 is 9.87. The SMILES string of the molecule is O=c1cc(Br)[nH]c2nc(-c3ccccc3)c(-c3cc(Cl)c4ncccc4c3)cc12. The Morgan fingerprint density at radius 3 is 2.59 bits per heavy atom. The quantitative estimate of drug-likeness (QED) is 0.317. The highest BCUT2D eigenvalue weighted by Crippen LogP contribution is 2.36. The number of nitrogens with zero attached hydrogens (tertiary/aromatic N) is 2. The largest absolute Gasteiger partial charge is 0.334 e. The first kappa shape index (κ1) is 18.0. The fourth-order valence-corrected chi connectivity index (χ4v) is 4.15. The van der Waals surface area contributed by atoms with Crippen LogP contribution in [0.25, 0.3) is 44.3 Å². The van der Waals surface area contributed by atoms with Crippen molar-refractivity contribution in [3.05, 3.63) is 92.8 Å². The molecule has 3 heterocycles. The Bertz CT molecular complexity index is 1450. The number of hydrogen-bond acceptors (Lipinski definition) is 3. The van der Waals surface area contributed by atoms with Crippen LogP contribution in [0, 0.1) is 0 Å². The van der Waals surface area contributed by atoms with Crippen molar-refractivity contribution in [2.45, 2.75) is 0 Å². The minimum absolute atomic E-state index is 0.104. The predicted octanol–water partition coefficient (Wildman–Crippen LogP) is 6.22. The number of fused-ring (bicyclic) bond motifs is 2. The van der Waals surface area contributed by atoms with Crippen LogP contribution in [0.5, 0.6) is 0 Å². The van der Waals surface area contributed by atoms with Gasteiger partial charge in [-0.1, -0.05) is 48.0 Å². The molecule has 29 heavy (non-hydrogen) atoms. The molecule has 0 aliphatic rings. The number of pyridine rings is 3. The molecule has 1 N–H and O–H groups in total. The lowest BCUT2D eigenvalue weighted by atomic mass is 9.97. The zero-order valence-electron chi connectivity index (χ0n) is 15.0. The number of H-pyrrole nitrogens is 1. The van der Waals surface area contributed by atoms with E-state index in [1.165, 1.54) is 6.07 Å². The van der Waals surface area contributed by atoms with Gasteiger partial charge in [-0.2, -0.15) is 0 Å². The summed E-state index contributed by atoms with van der Waals surface area (Å²) in [6.07, 6.45) is 1.72. The van der Waals surface area contributed by atoms with Crippen molar-refractivity contribution in [2.75, 3.05) is 0 Å². The molecular weight excluding hydrogens is 450 g/mol. The molecule has 0 radical (unpaired) electrons. The van der Waals surface area contributed by atoms with Crippen LogP contribution in [-0.2, 0) is 0 Å². The average molecular weight is 463 g/mol. The van der Waals surface area contributed by atoms with E-state index >= 15 is 0 Å². The van der Waals surface area contributed by atoms with Crippen molar-refractivity contribution >= 4 is 49.5 Å². The van der Waals surface area contributed by atoms with E-state index in [2.05, 4.69) is 25.9 Å². The number of halogens is 2. The Hall–Kier alpha value is -3.02. The first-order chi connectivity index (χ1) is 14.1. The predicted molar refractivity (Wildman–Crippen MR) is 121 cm³/mol. The monoisotopic (exact) mass is 461 g/mol. The lowest BCUT2D eigenvalue weighted by molar-refractivity contribution is 1.25. The third kappa shape index (κ3) is 3.22. The highest BCUT2D eigenvalue weighted by Gasteiger charge is 2.15. The summed E-state index contributed by atoms with van der Waals surface area (Å²) in [5, 5.41) is 2.01. The van der Waals surface area contributed by atoms with Crippen LogP contribution < -0.4 is 5.43 Å². The molecule has 0 atom stereocenters. The molecule has 4 nitrogen and oxygen atoms in total. The molecule has 0 spiro atoms. The van der Waals surface area contributed by atoms with E-state index < -0.39 is 0 Å². The molecule has 2 aromatic carbocycles. The number of nitrogens with one attached hydrogen (secondary N) is 1. The number of aromatic nitrogens is 3. The summed E-state index contributed by atoms with van der Waals surface area (Å²) in [6, 6.07) is 21.0. The van der Waals surface area contributed by atoms with E-state index in [9.17, 15) is 4.79 Å². The van der Waals surface area contributed by atoms with Gasteiger partial charge in [-0.15, -0.1) is 0 Å². The second kappa shape index (κ2) is 7.10. The summed E-state index contributed by atoms with van der Waals surface area (Å²) in [5.41, 5.74) is 4.61. The Morgan fingerprint density at radius 2 is 1.76 bits per heavy atom. The summed E-state index contributed by atoms with van der Waals surface area (Å²) in [6.45, 7) is 0. The van der Waals surface area contributed by atoms with Crippen LogP contribution in [0.3, 0.4) is 0 Å². The van der Waals surface area contributed by atoms with E-state index in [0.717, 1.165) is 33.3 Å². The molecule has 0 aliphatic heterocycles. The van der Waals surface area contributed by atoms with E-state index in [-0.39, 0.29) is 5.43 Å². The van der Waals surface area contributed by atoms with Gasteiger partial charge in [0, 0.05) is 28.8 Å². The Morgan fingerprint density at radius 1 is 0.931 bits per heavy atom. The highest BCUT2D eigenvalue weighted by atomic mass is 79.9. The molecule has 5 rings (SSSR count). The maximum atomic E-state index is 12.6. The Balaban J connectivity index is 1.88. The molecule has 140 valence electrons. The van der Waals surface area contributed by atoms with Crippen LogP contribution >= 0.6 is 27.5 Å². The first-order valence-corrected chi connectivity index (χ1v) is 10.1. The van der Waals surface area contributed by atoms with Crippen molar-refractivity contribution < 1.29 is 0 Å². The standard InChI is InChI=1S/C23H13BrClN3O/c24-20-12-19(29)17-11-16(15-9-14-7-4-8-26-22(14)18(25)10-15)21(28-23(17)27-20)13-5-2-1-3-6-13/h1-12H,(H,27,28,29). The van der Waals surface area contributed by atoms with Gasteiger partial charge < -0.3 is 4.98 Å². The van der Waals surface area contributed by atoms with Gasteiger partial charge in [0.15, 0.2) is 5.43 Å². The minimum Gasteiger partial charge on any atom is -0.334 e. The molecule has 0 amide bonds. The van der Waals surface area contributed by atoms with Crippen LogP contribution in [-0.4, -0.2) is 15.0 Å². The van der Waals surface area contributed by atoms with E-state index in [1.807, 2.05) is 60.7 Å². The van der Waals surface area contributed by atoms with Gasteiger partial charge >= 0.3 is 0 Å². The zero-order valence-corrected chi connectivity index (χ0v) is 17.3. The smallest absolute Gasteiger partial charge is 0.192 e. The normalized spacial score (nSPS) is 11.2. The lowest BCUT2D eigenvalue weighted by Gasteiger charge is -2.13. The summed E-state index contributed by atoms with van der Waals surface area (Å²) in [4.78, 5) is 24.9. The van der Waals surface area contributed by atoms with E-state index in [4.69, 9.17) is 16.6 Å². The van der Waals surface area contributed by atoms with Gasteiger partial charge in [0.1, 0.15) is 5.65 Å². The molecule has 6 heteroatoms. The molecule has 0 unspecified atom stereocenters. The zero-order chi connectivity index (χ0) is 20.0. The second-order valence-electron chi connectivity index (χ2n) is 6.66. The Labute approximate surface area is 179 Å². The summed E-state index contributed by atoms with van der Waals surface area (Å²) < 4.78 is 0.592. The van der Waals surface area contributed by atoms with Gasteiger partial charge in [0.05, 0.1) is 26.2 Å². The summed E-state index contributed by atoms with van der Waals surface area (Å²) in [7, 11) is 0. The third-order valence-electron chi connectivity index (χ3n) is 4.80. The highest BCUT2D eigenvalue weighted by molar-refractivity contribution is 9.10. The molecule has 0 saturated heterocycles. The molecule has 0 bridgehead atoms. The van der Waals surface area contributed by atoms with Crippen molar-refractivity contribution in [1.29, 1.82) is 0 Å². The van der Waals surface area contributed by atoms with E-state index in [0.29, 0.717) is 20.7 Å². The molecule has 0 fully saturated rings. The number of rotatable bonds is 2. The summed E-state index contributed by atoms with van der Waals surface area (Å²) in [5.74, 6) is 0. The van der Waals surface area contributed by atoms with Crippen LogP contribution in [0.15, 0.2) is 82.3 Å². The maximum absolute atomic E-state index is 12.6. The van der Waals surface area contributed by atoms with Gasteiger partial charge in [-0.3, -0.25) is 9.78 Å². The van der Waals surface area contributed by atoms with Gasteiger partial charge in [-0.05, 0) is 45.8 Å². The average Bonchev–Trinajstić information content (AvgIpc) is 2.73. The van der Waals surface area contributed by atoms with Crippen molar-refractivity contribution in [3.8, 4) is 22.4 Å². The Kier molecular flexibility index (Phi) is 4.42. The number of hydrogen-bond donors (Lipinski definition) is 1. The van der Waals surface area contributed by atoms with Gasteiger partial charge in [0.2, 0.25) is 0 Å². The fraction of sp³-hybridized carbons (Fsp3) is 0. The van der Waals surface area contributed by atoms with Crippen LogP contribution in [0.2, 0.25) is 5.02 Å². The van der Waals surface area contributed by atoms with Gasteiger partial charge in [-0.25, -0.2) is 4.98 Å². The number of benzene rings is 2. The third-order valence-corrected chi connectivity index (χ3v) is 5.52. The topological polar surface area (TPSA) is 58.6 Å².